The van der Waals surface area contributed by atoms with E-state index in [1.54, 1.807) is 0 Å². The molecule has 1 atom stereocenters. The first-order chi connectivity index (χ1) is 18.6. The summed E-state index contributed by atoms with van der Waals surface area (Å²) in [6.45, 7) is 0.932. The van der Waals surface area contributed by atoms with Crippen LogP contribution in [-0.2, 0) is 0 Å². The minimum absolute atomic E-state index is 0.393. The van der Waals surface area contributed by atoms with Crippen molar-refractivity contribution < 1.29 is 5.11 Å². The largest absolute Gasteiger partial charge is 0.388 e. The molecule has 1 unspecified atom stereocenters. The zero-order chi connectivity index (χ0) is 26.3. The predicted octanol–water partition coefficient (Wildman–Crippen LogP) is 6.19. The molecule has 198 valence electrons. The van der Waals surface area contributed by atoms with E-state index in [9.17, 15) is 5.11 Å². The van der Waals surface area contributed by atoms with Gasteiger partial charge in [0.1, 0.15) is 5.82 Å². The smallest absolute Gasteiger partial charge is 0.225 e. The first kappa shape index (κ1) is 26.1. The van der Waals surface area contributed by atoms with Crippen molar-refractivity contribution in [3.05, 3.63) is 84.4 Å². The molecule has 6 nitrogen and oxygen atoms in total. The fourth-order valence-corrected chi connectivity index (χ4v) is 5.39. The molecule has 38 heavy (non-hydrogen) atoms. The van der Waals surface area contributed by atoms with Crippen LogP contribution < -0.4 is 15.5 Å². The Morgan fingerprint density at radius 1 is 0.816 bits per heavy atom. The molecular weight excluding hydrogens is 470 g/mol. The third-order valence-electron chi connectivity index (χ3n) is 7.56. The van der Waals surface area contributed by atoms with Crippen LogP contribution in [0.3, 0.4) is 0 Å². The second-order valence-electron chi connectivity index (χ2n) is 10.6. The molecule has 1 aliphatic carbocycles. The maximum Gasteiger partial charge on any atom is 0.225 e. The number of para-hydroxylation sites is 1. The van der Waals surface area contributed by atoms with Gasteiger partial charge in [0, 0.05) is 31.6 Å². The van der Waals surface area contributed by atoms with Crippen LogP contribution in [0.2, 0.25) is 0 Å². The van der Waals surface area contributed by atoms with Crippen molar-refractivity contribution in [1.29, 1.82) is 0 Å². The molecule has 5 rings (SSSR count). The number of nitrogens with one attached hydrogen (secondary N) is 2. The number of hydrogen-bond acceptors (Lipinski definition) is 6. The lowest BCUT2D eigenvalue weighted by Gasteiger charge is -2.30. The average molecular weight is 510 g/mol. The molecule has 0 bridgehead atoms. The van der Waals surface area contributed by atoms with Crippen molar-refractivity contribution in [2.45, 2.75) is 56.7 Å². The fourth-order valence-electron chi connectivity index (χ4n) is 5.39. The van der Waals surface area contributed by atoms with Crippen LogP contribution in [0, 0.1) is 0 Å². The van der Waals surface area contributed by atoms with Gasteiger partial charge in [-0.15, -0.1) is 0 Å². The van der Waals surface area contributed by atoms with Crippen molar-refractivity contribution in [2.24, 2.45) is 0 Å². The van der Waals surface area contributed by atoms with Crippen LogP contribution in [0.4, 0.5) is 11.8 Å². The number of benzene rings is 3. The van der Waals surface area contributed by atoms with E-state index in [1.165, 1.54) is 11.1 Å². The molecule has 3 aromatic carbocycles. The van der Waals surface area contributed by atoms with E-state index in [-0.39, 0.29) is 0 Å². The second-order valence-corrected chi connectivity index (χ2v) is 10.6. The summed E-state index contributed by atoms with van der Waals surface area (Å²) in [6, 6.07) is 27.8. The van der Waals surface area contributed by atoms with E-state index in [4.69, 9.17) is 9.97 Å². The highest BCUT2D eigenvalue weighted by Crippen LogP contribution is 2.27. The van der Waals surface area contributed by atoms with Gasteiger partial charge in [-0.25, -0.2) is 4.98 Å². The molecule has 0 aliphatic heterocycles. The highest BCUT2D eigenvalue weighted by molar-refractivity contribution is 5.90. The van der Waals surface area contributed by atoms with E-state index in [0.29, 0.717) is 12.1 Å². The summed E-state index contributed by atoms with van der Waals surface area (Å²) in [5.74, 6) is 1.66. The summed E-state index contributed by atoms with van der Waals surface area (Å²) in [7, 11) is 4.05. The summed E-state index contributed by atoms with van der Waals surface area (Å²) < 4.78 is 0. The molecule has 1 saturated carbocycles. The van der Waals surface area contributed by atoms with Gasteiger partial charge in [0.15, 0.2) is 0 Å². The van der Waals surface area contributed by atoms with Crippen LogP contribution in [-0.4, -0.2) is 47.8 Å². The highest BCUT2D eigenvalue weighted by Gasteiger charge is 2.22. The molecule has 1 fully saturated rings. The number of fused-ring (bicyclic) bond motifs is 1. The summed E-state index contributed by atoms with van der Waals surface area (Å²) in [5, 5.41) is 19.0. The van der Waals surface area contributed by atoms with Crippen molar-refractivity contribution in [1.82, 2.24) is 15.3 Å². The first-order valence-electron chi connectivity index (χ1n) is 13.8. The first-order valence-corrected chi connectivity index (χ1v) is 13.8. The Bertz CT molecular complexity index is 1300. The molecule has 1 aliphatic rings. The summed E-state index contributed by atoms with van der Waals surface area (Å²) in [5.41, 5.74) is 4.34. The van der Waals surface area contributed by atoms with Gasteiger partial charge in [-0.1, -0.05) is 66.7 Å². The Morgan fingerprint density at radius 2 is 1.47 bits per heavy atom. The van der Waals surface area contributed by atoms with Gasteiger partial charge in [-0.05, 0) is 73.9 Å². The minimum Gasteiger partial charge on any atom is -0.388 e. The summed E-state index contributed by atoms with van der Waals surface area (Å²) in [4.78, 5) is 11.6. The van der Waals surface area contributed by atoms with Crippen LogP contribution in [0.25, 0.3) is 22.0 Å². The fraction of sp³-hybridized carbons (Fsp3) is 0.375. The average Bonchev–Trinajstić information content (AvgIpc) is 2.96. The number of anilines is 2. The number of nitrogens with zero attached hydrogens (tertiary/aromatic N) is 3. The molecule has 4 aromatic rings. The zero-order valence-corrected chi connectivity index (χ0v) is 22.5. The molecule has 1 aromatic heterocycles. The summed E-state index contributed by atoms with van der Waals surface area (Å²) >= 11 is 0. The van der Waals surface area contributed by atoms with Gasteiger partial charge < -0.3 is 20.6 Å². The van der Waals surface area contributed by atoms with Crippen LogP contribution in [0.15, 0.2) is 78.9 Å². The Balaban J connectivity index is 1.04. The van der Waals surface area contributed by atoms with Gasteiger partial charge in [-0.2, -0.15) is 4.98 Å². The lowest BCUT2D eigenvalue weighted by molar-refractivity contribution is 0.163. The highest BCUT2D eigenvalue weighted by atomic mass is 16.3. The van der Waals surface area contributed by atoms with Gasteiger partial charge in [-0.3, -0.25) is 0 Å². The van der Waals surface area contributed by atoms with Crippen molar-refractivity contribution in [2.75, 3.05) is 30.9 Å². The van der Waals surface area contributed by atoms with Gasteiger partial charge in [0.25, 0.3) is 0 Å². The van der Waals surface area contributed by atoms with E-state index < -0.39 is 6.10 Å². The Kier molecular flexibility index (Phi) is 8.51. The SMILES string of the molecule is CN(C)c1nc(NC2CCC(NCCCC(O)c3ccc(-c4ccccc4)cc3)CC2)nc2ccccc12. The number of hydrogen-bond donors (Lipinski definition) is 3. The normalized spacial score (nSPS) is 18.3. The van der Waals surface area contributed by atoms with Gasteiger partial charge >= 0.3 is 0 Å². The molecule has 0 saturated heterocycles. The maximum absolute atomic E-state index is 10.7. The van der Waals surface area contributed by atoms with E-state index in [1.807, 2.05) is 55.4 Å². The standard InChI is InChI=1S/C32H39N5O/c1-37(2)31-28-11-6-7-12-29(28)35-32(36-31)34-27-20-18-26(19-21-27)33-22-8-13-30(38)25-16-14-24(15-17-25)23-9-4-3-5-10-23/h3-7,9-12,14-17,26-27,30,33,38H,8,13,18-22H2,1-2H3,(H,34,35,36). The zero-order valence-electron chi connectivity index (χ0n) is 22.5. The predicted molar refractivity (Wildman–Crippen MR) is 158 cm³/mol. The molecule has 0 spiro atoms. The Labute approximate surface area is 226 Å². The maximum atomic E-state index is 10.7. The number of aliphatic hydroxyl groups excluding tert-OH is 1. The van der Waals surface area contributed by atoms with Crippen molar-refractivity contribution in [3.63, 3.8) is 0 Å². The summed E-state index contributed by atoms with van der Waals surface area (Å²) in [6.07, 6.45) is 5.77. The van der Waals surface area contributed by atoms with Crippen LogP contribution in [0.1, 0.15) is 50.2 Å². The third-order valence-corrected chi connectivity index (χ3v) is 7.56. The topological polar surface area (TPSA) is 73.3 Å². The number of aliphatic hydroxyl groups is 1. The lowest BCUT2D eigenvalue weighted by atomic mass is 9.91. The van der Waals surface area contributed by atoms with Gasteiger partial charge in [0.05, 0.1) is 11.6 Å². The molecular formula is C32H39N5O. The second kappa shape index (κ2) is 12.4. The monoisotopic (exact) mass is 509 g/mol. The van der Waals surface area contributed by atoms with E-state index >= 15 is 0 Å². The number of aromatic nitrogens is 2. The van der Waals surface area contributed by atoms with Gasteiger partial charge in [0.2, 0.25) is 5.95 Å². The quantitative estimate of drug-likeness (QED) is 0.221. The van der Waals surface area contributed by atoms with E-state index in [0.717, 1.165) is 73.3 Å². The minimum atomic E-state index is -0.421. The van der Waals surface area contributed by atoms with Crippen molar-refractivity contribution in [3.8, 4) is 11.1 Å². The molecule has 6 heteroatoms. The third kappa shape index (κ3) is 6.50. The molecule has 0 radical (unpaired) electrons. The molecule has 1 heterocycles. The van der Waals surface area contributed by atoms with Crippen LogP contribution in [0.5, 0.6) is 0 Å². The Hall–Kier alpha value is -3.48. The molecule has 3 N–H and O–H groups in total. The van der Waals surface area contributed by atoms with E-state index in [2.05, 4.69) is 53.1 Å². The van der Waals surface area contributed by atoms with Crippen LogP contribution >= 0.6 is 0 Å². The lowest BCUT2D eigenvalue weighted by Crippen LogP contribution is -2.37. The van der Waals surface area contributed by atoms with Crippen molar-refractivity contribution >= 4 is 22.7 Å². The Morgan fingerprint density at radius 3 is 2.21 bits per heavy atom. The number of rotatable bonds is 10. The molecule has 0 amide bonds.